The molecule has 4 N–H and O–H groups in total. The summed E-state index contributed by atoms with van der Waals surface area (Å²) in [6.07, 6.45) is 0.699. The SMILES string of the molecule is NCCCNC(=O)Nc1ccccc1F. The molecule has 0 unspecified atom stereocenters. The number of urea groups is 1. The molecule has 0 heterocycles. The Balaban J connectivity index is 2.41. The molecule has 15 heavy (non-hydrogen) atoms. The van der Waals surface area contributed by atoms with Crippen molar-refractivity contribution >= 4 is 11.7 Å². The second kappa shape index (κ2) is 5.98. The van der Waals surface area contributed by atoms with Gasteiger partial charge in [0.15, 0.2) is 0 Å². The summed E-state index contributed by atoms with van der Waals surface area (Å²) in [5, 5.41) is 4.97. The number of rotatable bonds is 4. The van der Waals surface area contributed by atoms with Crippen LogP contribution in [0.25, 0.3) is 0 Å². The maximum Gasteiger partial charge on any atom is 0.319 e. The zero-order valence-electron chi connectivity index (χ0n) is 8.29. The number of carbonyl (C=O) groups is 1. The Morgan fingerprint density at radius 3 is 2.80 bits per heavy atom. The highest BCUT2D eigenvalue weighted by atomic mass is 19.1. The van der Waals surface area contributed by atoms with Crippen molar-refractivity contribution in [2.45, 2.75) is 6.42 Å². The summed E-state index contributed by atoms with van der Waals surface area (Å²) >= 11 is 0. The van der Waals surface area contributed by atoms with Gasteiger partial charge in [0.25, 0.3) is 0 Å². The van der Waals surface area contributed by atoms with E-state index in [-0.39, 0.29) is 5.69 Å². The normalized spacial score (nSPS) is 9.73. The number of carbonyl (C=O) groups excluding carboxylic acids is 1. The second-order valence-corrected chi connectivity index (χ2v) is 3.00. The topological polar surface area (TPSA) is 67.1 Å². The predicted octanol–water partition coefficient (Wildman–Crippen LogP) is 1.30. The van der Waals surface area contributed by atoms with Crippen molar-refractivity contribution in [2.75, 3.05) is 18.4 Å². The number of nitrogens with two attached hydrogens (primary N) is 1. The molecule has 5 heteroatoms. The molecule has 0 saturated heterocycles. The van der Waals surface area contributed by atoms with Crippen molar-refractivity contribution < 1.29 is 9.18 Å². The fourth-order valence-electron chi connectivity index (χ4n) is 1.03. The first-order valence-corrected chi connectivity index (χ1v) is 4.73. The molecule has 1 aromatic rings. The van der Waals surface area contributed by atoms with Crippen LogP contribution in [-0.2, 0) is 0 Å². The number of benzene rings is 1. The third-order valence-corrected chi connectivity index (χ3v) is 1.79. The monoisotopic (exact) mass is 211 g/mol. The molecule has 2 amide bonds. The fraction of sp³-hybridized carbons (Fsp3) is 0.300. The molecular formula is C10H14FN3O. The third kappa shape index (κ3) is 3.95. The quantitative estimate of drug-likeness (QED) is 0.657. The van der Waals surface area contributed by atoms with Crippen molar-refractivity contribution in [3.63, 3.8) is 0 Å². The lowest BCUT2D eigenvalue weighted by molar-refractivity contribution is 0.252. The van der Waals surface area contributed by atoms with Gasteiger partial charge >= 0.3 is 6.03 Å². The summed E-state index contributed by atoms with van der Waals surface area (Å²) in [7, 11) is 0. The molecule has 0 spiro atoms. The number of hydrogen-bond donors (Lipinski definition) is 3. The van der Waals surface area contributed by atoms with Crippen molar-refractivity contribution in [2.24, 2.45) is 5.73 Å². The van der Waals surface area contributed by atoms with Gasteiger partial charge in [-0.05, 0) is 25.1 Å². The Kier molecular flexibility index (Phi) is 4.56. The molecule has 0 aromatic heterocycles. The minimum Gasteiger partial charge on any atom is -0.338 e. The van der Waals surface area contributed by atoms with Gasteiger partial charge < -0.3 is 16.4 Å². The summed E-state index contributed by atoms with van der Waals surface area (Å²) in [5.74, 6) is -0.452. The van der Waals surface area contributed by atoms with E-state index >= 15 is 0 Å². The van der Waals surface area contributed by atoms with Crippen LogP contribution in [0.4, 0.5) is 14.9 Å². The molecule has 0 aliphatic heterocycles. The molecule has 0 aliphatic carbocycles. The van der Waals surface area contributed by atoms with Crippen LogP contribution in [0.3, 0.4) is 0 Å². The van der Waals surface area contributed by atoms with Crippen LogP contribution < -0.4 is 16.4 Å². The minimum atomic E-state index is -0.452. The van der Waals surface area contributed by atoms with E-state index in [9.17, 15) is 9.18 Å². The molecule has 0 bridgehead atoms. The van der Waals surface area contributed by atoms with Gasteiger partial charge in [-0.1, -0.05) is 12.1 Å². The van der Waals surface area contributed by atoms with Crippen molar-refractivity contribution in [1.82, 2.24) is 5.32 Å². The number of para-hydroxylation sites is 1. The van der Waals surface area contributed by atoms with Crippen molar-refractivity contribution in [3.05, 3.63) is 30.1 Å². The number of anilines is 1. The minimum absolute atomic E-state index is 0.169. The van der Waals surface area contributed by atoms with E-state index in [4.69, 9.17) is 5.73 Å². The summed E-state index contributed by atoms with van der Waals surface area (Å²) in [4.78, 5) is 11.2. The van der Waals surface area contributed by atoms with E-state index < -0.39 is 11.8 Å². The first kappa shape index (κ1) is 11.5. The molecule has 0 saturated carbocycles. The van der Waals surface area contributed by atoms with Crippen LogP contribution in [0.15, 0.2) is 24.3 Å². The van der Waals surface area contributed by atoms with Gasteiger partial charge in [0.2, 0.25) is 0 Å². The van der Waals surface area contributed by atoms with Crippen LogP contribution in [-0.4, -0.2) is 19.1 Å². The maximum atomic E-state index is 13.1. The maximum absolute atomic E-state index is 13.1. The molecule has 82 valence electrons. The first-order chi connectivity index (χ1) is 7.24. The molecule has 4 nitrogen and oxygen atoms in total. The van der Waals surface area contributed by atoms with E-state index in [1.54, 1.807) is 12.1 Å². The summed E-state index contributed by atoms with van der Waals surface area (Å²) in [6, 6.07) is 5.58. The summed E-state index contributed by atoms with van der Waals surface area (Å²) < 4.78 is 13.1. The molecule has 0 aliphatic rings. The van der Waals surface area contributed by atoms with Crippen LogP contribution >= 0.6 is 0 Å². The van der Waals surface area contributed by atoms with E-state index in [0.29, 0.717) is 19.5 Å². The Morgan fingerprint density at radius 1 is 1.40 bits per heavy atom. The number of halogens is 1. The lowest BCUT2D eigenvalue weighted by Gasteiger charge is -2.07. The molecule has 0 radical (unpaired) electrons. The summed E-state index contributed by atoms with van der Waals surface area (Å²) in [6.45, 7) is 0.997. The lowest BCUT2D eigenvalue weighted by atomic mass is 10.3. The van der Waals surface area contributed by atoms with Gasteiger partial charge in [-0.15, -0.1) is 0 Å². The smallest absolute Gasteiger partial charge is 0.319 e. The van der Waals surface area contributed by atoms with Gasteiger partial charge in [0, 0.05) is 6.54 Å². The lowest BCUT2D eigenvalue weighted by Crippen LogP contribution is -2.30. The number of nitrogens with one attached hydrogen (secondary N) is 2. The average molecular weight is 211 g/mol. The van der Waals surface area contributed by atoms with Gasteiger partial charge in [0.1, 0.15) is 5.82 Å². The first-order valence-electron chi connectivity index (χ1n) is 4.73. The van der Waals surface area contributed by atoms with Crippen LogP contribution in [0.1, 0.15) is 6.42 Å². The van der Waals surface area contributed by atoms with Crippen LogP contribution in [0.5, 0.6) is 0 Å². The Labute approximate surface area is 87.7 Å². The largest absolute Gasteiger partial charge is 0.338 e. The number of amides is 2. The number of hydrogen-bond acceptors (Lipinski definition) is 2. The van der Waals surface area contributed by atoms with E-state index in [1.807, 2.05) is 0 Å². The fourth-order valence-corrected chi connectivity index (χ4v) is 1.03. The Hall–Kier alpha value is -1.62. The predicted molar refractivity (Wildman–Crippen MR) is 57.1 cm³/mol. The molecular weight excluding hydrogens is 197 g/mol. The zero-order valence-corrected chi connectivity index (χ0v) is 8.29. The van der Waals surface area contributed by atoms with E-state index in [1.165, 1.54) is 12.1 Å². The standard InChI is InChI=1S/C10H14FN3O/c11-8-4-1-2-5-9(8)14-10(15)13-7-3-6-12/h1-2,4-5H,3,6-7,12H2,(H2,13,14,15). The van der Waals surface area contributed by atoms with Gasteiger partial charge in [-0.3, -0.25) is 0 Å². The van der Waals surface area contributed by atoms with Crippen LogP contribution in [0, 0.1) is 5.82 Å². The van der Waals surface area contributed by atoms with Gasteiger partial charge in [-0.2, -0.15) is 0 Å². The summed E-state index contributed by atoms with van der Waals surface area (Å²) in [5.41, 5.74) is 5.43. The second-order valence-electron chi connectivity index (χ2n) is 3.00. The molecule has 1 aromatic carbocycles. The molecule has 0 atom stereocenters. The Bertz CT molecular complexity index is 330. The van der Waals surface area contributed by atoms with E-state index in [0.717, 1.165) is 0 Å². The highest BCUT2D eigenvalue weighted by Gasteiger charge is 2.04. The van der Waals surface area contributed by atoms with Gasteiger partial charge in [0.05, 0.1) is 5.69 Å². The molecule has 1 rings (SSSR count). The zero-order chi connectivity index (χ0) is 11.1. The van der Waals surface area contributed by atoms with E-state index in [2.05, 4.69) is 10.6 Å². The Morgan fingerprint density at radius 2 is 2.13 bits per heavy atom. The van der Waals surface area contributed by atoms with Crippen LogP contribution in [0.2, 0.25) is 0 Å². The van der Waals surface area contributed by atoms with Gasteiger partial charge in [-0.25, -0.2) is 9.18 Å². The van der Waals surface area contributed by atoms with Crippen molar-refractivity contribution in [3.8, 4) is 0 Å². The highest BCUT2D eigenvalue weighted by Crippen LogP contribution is 2.11. The third-order valence-electron chi connectivity index (χ3n) is 1.79. The van der Waals surface area contributed by atoms with Crippen molar-refractivity contribution in [1.29, 1.82) is 0 Å². The average Bonchev–Trinajstić information content (AvgIpc) is 2.22. The molecule has 0 fully saturated rings. The highest BCUT2D eigenvalue weighted by molar-refractivity contribution is 5.89.